The van der Waals surface area contributed by atoms with Crippen LogP contribution >= 0.6 is 0 Å². The quantitative estimate of drug-likeness (QED) is 0.813. The number of hydrogen-bond donors (Lipinski definition) is 0. The van der Waals surface area contributed by atoms with Gasteiger partial charge in [0, 0.05) is 25.8 Å². The molecule has 2 aliphatic rings. The lowest BCUT2D eigenvalue weighted by Gasteiger charge is -2.40. The Morgan fingerprint density at radius 2 is 1.93 bits per heavy atom. The first-order valence-electron chi connectivity index (χ1n) is 9.57. The molecule has 1 amide bonds. The highest BCUT2D eigenvalue weighted by molar-refractivity contribution is 5.99. The summed E-state index contributed by atoms with van der Waals surface area (Å²) < 4.78 is 11.4. The predicted octanol–water partition coefficient (Wildman–Crippen LogP) is 2.66. The number of pyridine rings is 1. The summed E-state index contributed by atoms with van der Waals surface area (Å²) in [6.07, 6.45) is 1.87. The lowest BCUT2D eigenvalue weighted by Crippen LogP contribution is -2.51. The molecule has 6 nitrogen and oxygen atoms in total. The molecule has 0 N–H and O–H groups in total. The number of aromatic nitrogens is 1. The number of carbonyl (C=O) groups excluding carboxylic acids is 1. The highest BCUT2D eigenvalue weighted by atomic mass is 16.5. The molecular weight excluding hydrogens is 342 g/mol. The molecule has 6 heteroatoms. The predicted molar refractivity (Wildman–Crippen MR) is 103 cm³/mol. The van der Waals surface area contributed by atoms with Crippen LogP contribution in [0.15, 0.2) is 48.7 Å². The minimum Gasteiger partial charge on any atom is -0.477 e. The highest BCUT2D eigenvalue weighted by Crippen LogP contribution is 2.38. The van der Waals surface area contributed by atoms with Crippen molar-refractivity contribution < 1.29 is 14.3 Å². The second-order valence-corrected chi connectivity index (χ2v) is 6.89. The maximum Gasteiger partial charge on any atom is 0.269 e. The van der Waals surface area contributed by atoms with Gasteiger partial charge in [0.1, 0.15) is 0 Å². The van der Waals surface area contributed by atoms with Gasteiger partial charge in [0.05, 0.1) is 19.3 Å². The van der Waals surface area contributed by atoms with Gasteiger partial charge in [-0.3, -0.25) is 14.6 Å². The lowest BCUT2D eigenvalue weighted by molar-refractivity contribution is -0.127. The van der Waals surface area contributed by atoms with Crippen LogP contribution in [0.5, 0.6) is 5.75 Å². The molecule has 1 aromatic carbocycles. The average molecular weight is 367 g/mol. The zero-order chi connectivity index (χ0) is 18.6. The highest BCUT2D eigenvalue weighted by Gasteiger charge is 2.39. The summed E-state index contributed by atoms with van der Waals surface area (Å²) in [6.45, 7) is 5.91. The first kappa shape index (κ1) is 17.9. The van der Waals surface area contributed by atoms with Crippen LogP contribution in [0, 0.1) is 0 Å². The van der Waals surface area contributed by atoms with Crippen molar-refractivity contribution >= 4 is 11.7 Å². The van der Waals surface area contributed by atoms with Gasteiger partial charge >= 0.3 is 0 Å². The van der Waals surface area contributed by atoms with Crippen molar-refractivity contribution in [2.45, 2.75) is 25.5 Å². The van der Waals surface area contributed by atoms with E-state index in [-0.39, 0.29) is 11.9 Å². The summed E-state index contributed by atoms with van der Waals surface area (Å²) >= 11 is 0. The number of anilines is 1. The van der Waals surface area contributed by atoms with E-state index in [9.17, 15) is 4.79 Å². The zero-order valence-electron chi connectivity index (χ0n) is 15.6. The Morgan fingerprint density at radius 3 is 2.67 bits per heavy atom. The van der Waals surface area contributed by atoms with E-state index in [0.717, 1.165) is 38.4 Å². The van der Waals surface area contributed by atoms with Gasteiger partial charge in [-0.1, -0.05) is 37.3 Å². The smallest absolute Gasteiger partial charge is 0.269 e. The molecule has 142 valence electrons. The Hall–Kier alpha value is -2.44. The van der Waals surface area contributed by atoms with E-state index in [1.807, 2.05) is 42.2 Å². The van der Waals surface area contributed by atoms with Crippen molar-refractivity contribution in [3.8, 4) is 5.75 Å². The molecule has 0 spiro atoms. The van der Waals surface area contributed by atoms with E-state index in [1.54, 1.807) is 6.20 Å². The SMILES string of the molecule is CCC1Oc2cccnc2N(C(CN2CCOCC2)c2ccccc2)C1=O. The van der Waals surface area contributed by atoms with Crippen molar-refractivity contribution in [3.05, 3.63) is 54.2 Å². The first-order valence-corrected chi connectivity index (χ1v) is 9.57. The van der Waals surface area contributed by atoms with Gasteiger partial charge in [0.2, 0.25) is 0 Å². The molecule has 1 aromatic heterocycles. The topological polar surface area (TPSA) is 54.9 Å². The van der Waals surface area contributed by atoms with E-state index in [1.165, 1.54) is 0 Å². The molecule has 1 fully saturated rings. The molecule has 2 atom stereocenters. The van der Waals surface area contributed by atoms with Crippen LogP contribution in [0.1, 0.15) is 24.9 Å². The molecule has 2 aromatic rings. The van der Waals surface area contributed by atoms with Gasteiger partial charge in [-0.15, -0.1) is 0 Å². The third kappa shape index (κ3) is 3.68. The van der Waals surface area contributed by atoms with Gasteiger partial charge in [-0.2, -0.15) is 0 Å². The minimum atomic E-state index is -0.474. The summed E-state index contributed by atoms with van der Waals surface area (Å²) in [5, 5.41) is 0. The standard InChI is InChI=1S/C21H25N3O3/c1-2-18-21(25)24(20-19(27-18)9-6-10-22-20)17(16-7-4-3-5-8-16)15-23-11-13-26-14-12-23/h3-10,17-18H,2,11-15H2,1H3. The Bertz CT molecular complexity index is 777. The van der Waals surface area contributed by atoms with Crippen LogP contribution < -0.4 is 9.64 Å². The molecule has 2 unspecified atom stereocenters. The molecule has 4 rings (SSSR count). The van der Waals surface area contributed by atoms with Crippen LogP contribution in [0.2, 0.25) is 0 Å². The van der Waals surface area contributed by atoms with Crippen molar-refractivity contribution in [1.82, 2.24) is 9.88 Å². The number of amides is 1. The lowest BCUT2D eigenvalue weighted by atomic mass is 10.0. The van der Waals surface area contributed by atoms with Gasteiger partial charge in [-0.25, -0.2) is 4.98 Å². The van der Waals surface area contributed by atoms with E-state index in [2.05, 4.69) is 22.0 Å². The van der Waals surface area contributed by atoms with Gasteiger partial charge in [0.25, 0.3) is 5.91 Å². The van der Waals surface area contributed by atoms with Crippen molar-refractivity contribution in [2.24, 2.45) is 0 Å². The van der Waals surface area contributed by atoms with Crippen molar-refractivity contribution in [1.29, 1.82) is 0 Å². The molecule has 1 saturated heterocycles. The van der Waals surface area contributed by atoms with Crippen LogP contribution in [0.4, 0.5) is 5.82 Å². The number of fused-ring (bicyclic) bond motifs is 1. The number of ether oxygens (including phenoxy) is 2. The summed E-state index contributed by atoms with van der Waals surface area (Å²) in [5.41, 5.74) is 1.10. The van der Waals surface area contributed by atoms with E-state index in [0.29, 0.717) is 18.0 Å². The van der Waals surface area contributed by atoms with Gasteiger partial charge in [0.15, 0.2) is 17.7 Å². The number of carbonyl (C=O) groups is 1. The molecule has 0 radical (unpaired) electrons. The monoisotopic (exact) mass is 367 g/mol. The molecule has 0 saturated carbocycles. The van der Waals surface area contributed by atoms with Crippen LogP contribution in [0.3, 0.4) is 0 Å². The van der Waals surface area contributed by atoms with Crippen molar-refractivity contribution in [3.63, 3.8) is 0 Å². The van der Waals surface area contributed by atoms with Gasteiger partial charge in [-0.05, 0) is 24.1 Å². The second-order valence-electron chi connectivity index (χ2n) is 6.89. The summed E-state index contributed by atoms with van der Waals surface area (Å²) in [4.78, 5) is 22.0. The molecular formula is C21H25N3O3. The largest absolute Gasteiger partial charge is 0.477 e. The van der Waals surface area contributed by atoms with E-state index < -0.39 is 6.10 Å². The summed E-state index contributed by atoms with van der Waals surface area (Å²) in [5.74, 6) is 1.26. The first-order chi connectivity index (χ1) is 13.3. The fourth-order valence-corrected chi connectivity index (χ4v) is 3.72. The Labute approximate surface area is 159 Å². The van der Waals surface area contributed by atoms with E-state index in [4.69, 9.17) is 9.47 Å². The maximum atomic E-state index is 13.3. The molecule has 3 heterocycles. The summed E-state index contributed by atoms with van der Waals surface area (Å²) in [6, 6.07) is 13.8. The fourth-order valence-electron chi connectivity index (χ4n) is 3.72. The van der Waals surface area contributed by atoms with Crippen LogP contribution in [0.25, 0.3) is 0 Å². The summed E-state index contributed by atoms with van der Waals surface area (Å²) in [7, 11) is 0. The third-order valence-electron chi connectivity index (χ3n) is 5.16. The number of nitrogens with zero attached hydrogens (tertiary/aromatic N) is 3. The zero-order valence-corrected chi connectivity index (χ0v) is 15.6. The maximum absolute atomic E-state index is 13.3. The fraction of sp³-hybridized carbons (Fsp3) is 0.429. The normalized spacial score (nSPS) is 21.4. The Kier molecular flexibility index (Phi) is 5.36. The van der Waals surface area contributed by atoms with E-state index >= 15 is 0 Å². The van der Waals surface area contributed by atoms with Gasteiger partial charge < -0.3 is 9.47 Å². The molecule has 0 bridgehead atoms. The average Bonchev–Trinajstić information content (AvgIpc) is 2.73. The number of rotatable bonds is 5. The Balaban J connectivity index is 1.74. The van der Waals surface area contributed by atoms with Crippen molar-refractivity contribution in [2.75, 3.05) is 37.7 Å². The minimum absolute atomic E-state index is 0.0224. The number of benzene rings is 1. The van der Waals surface area contributed by atoms with Crippen LogP contribution in [-0.2, 0) is 9.53 Å². The van der Waals surface area contributed by atoms with Crippen LogP contribution in [-0.4, -0.2) is 54.7 Å². The number of hydrogen-bond acceptors (Lipinski definition) is 5. The molecule has 27 heavy (non-hydrogen) atoms. The second kappa shape index (κ2) is 8.06. The Morgan fingerprint density at radius 1 is 1.15 bits per heavy atom. The number of morpholine rings is 1. The molecule has 2 aliphatic heterocycles. The molecule has 0 aliphatic carbocycles. The third-order valence-corrected chi connectivity index (χ3v) is 5.16.